The highest BCUT2D eigenvalue weighted by Gasteiger charge is 2.56. The minimum absolute atomic E-state index is 0.0423. The molecule has 1 spiro atoms. The summed E-state index contributed by atoms with van der Waals surface area (Å²) in [5.41, 5.74) is 14.7. The second-order valence-electron chi connectivity index (χ2n) is 14.6. The monoisotopic (exact) mass is 595 g/mol. The van der Waals surface area contributed by atoms with Crippen LogP contribution in [0, 0.1) is 0 Å². The lowest BCUT2D eigenvalue weighted by molar-refractivity contribution is 0.349. The number of rotatable bonds is 5. The molecule has 0 heterocycles. The van der Waals surface area contributed by atoms with Crippen LogP contribution >= 0.6 is 0 Å². The first-order chi connectivity index (χ1) is 22.3. The number of benzene rings is 6. The van der Waals surface area contributed by atoms with E-state index in [9.17, 15) is 0 Å². The summed E-state index contributed by atoms with van der Waals surface area (Å²) in [6.45, 7) is 9.77. The molecule has 2 aliphatic carbocycles. The molecule has 1 atom stereocenters. The molecule has 1 unspecified atom stereocenters. The van der Waals surface area contributed by atoms with Gasteiger partial charge in [0.25, 0.3) is 0 Å². The highest BCUT2D eigenvalue weighted by Crippen LogP contribution is 2.63. The normalized spacial score (nSPS) is 18.7. The Labute approximate surface area is 274 Å². The second kappa shape index (κ2) is 10.6. The predicted octanol–water partition coefficient (Wildman–Crippen LogP) is 12.1. The summed E-state index contributed by atoms with van der Waals surface area (Å²) in [7, 11) is 0. The third-order valence-electron chi connectivity index (χ3n) is 10.6. The van der Waals surface area contributed by atoms with Gasteiger partial charge < -0.3 is 4.90 Å². The van der Waals surface area contributed by atoms with Crippen LogP contribution < -0.4 is 4.90 Å². The molecule has 0 bridgehead atoms. The van der Waals surface area contributed by atoms with Gasteiger partial charge in [0.05, 0.1) is 5.69 Å². The Morgan fingerprint density at radius 3 is 1.61 bits per heavy atom. The number of hydrogen-bond donors (Lipinski definition) is 0. The Kier molecular flexibility index (Phi) is 6.58. The summed E-state index contributed by atoms with van der Waals surface area (Å²) < 4.78 is 0. The molecule has 0 aromatic heterocycles. The van der Waals surface area contributed by atoms with Gasteiger partial charge >= 0.3 is 0 Å². The van der Waals surface area contributed by atoms with Crippen LogP contribution in [0.5, 0.6) is 0 Å². The second-order valence-corrected chi connectivity index (χ2v) is 14.6. The van der Waals surface area contributed by atoms with Crippen LogP contribution in [0.2, 0.25) is 0 Å². The van der Waals surface area contributed by atoms with Crippen molar-refractivity contribution in [3.05, 3.63) is 174 Å². The summed E-state index contributed by atoms with van der Waals surface area (Å²) in [6.07, 6.45) is 2.28. The lowest BCUT2D eigenvalue weighted by Crippen LogP contribution is -2.26. The van der Waals surface area contributed by atoms with Gasteiger partial charge in [0.15, 0.2) is 0 Å². The molecule has 2 aliphatic rings. The zero-order valence-corrected chi connectivity index (χ0v) is 27.3. The van der Waals surface area contributed by atoms with E-state index in [0.29, 0.717) is 0 Å². The Morgan fingerprint density at radius 1 is 0.413 bits per heavy atom. The van der Waals surface area contributed by atoms with E-state index < -0.39 is 0 Å². The van der Waals surface area contributed by atoms with E-state index in [2.05, 4.69) is 184 Å². The van der Waals surface area contributed by atoms with Gasteiger partial charge in [-0.05, 0) is 92.9 Å². The molecule has 8 rings (SSSR count). The lowest BCUT2D eigenvalue weighted by Gasteiger charge is -2.31. The maximum absolute atomic E-state index is 2.50. The summed E-state index contributed by atoms with van der Waals surface area (Å²) in [5.74, 6) is 0. The molecular weight excluding hydrogens is 555 g/mol. The summed E-state index contributed by atoms with van der Waals surface area (Å²) in [4.78, 5) is 2.46. The minimum atomic E-state index is 0.0423. The van der Waals surface area contributed by atoms with E-state index in [-0.39, 0.29) is 16.2 Å². The Balaban J connectivity index is 1.31. The Morgan fingerprint density at radius 2 is 0.913 bits per heavy atom. The fraction of sp³-hybridized carbons (Fsp3) is 0.200. The van der Waals surface area contributed by atoms with Gasteiger partial charge in [-0.15, -0.1) is 0 Å². The summed E-state index contributed by atoms with van der Waals surface area (Å²) >= 11 is 0. The summed E-state index contributed by atoms with van der Waals surface area (Å²) in [5, 5.41) is 0. The Bertz CT molecular complexity index is 2040. The molecule has 0 saturated carbocycles. The van der Waals surface area contributed by atoms with Crippen LogP contribution in [0.4, 0.5) is 17.1 Å². The van der Waals surface area contributed by atoms with Crippen molar-refractivity contribution in [2.24, 2.45) is 0 Å². The van der Waals surface area contributed by atoms with E-state index in [0.717, 1.165) is 18.5 Å². The quantitative estimate of drug-likeness (QED) is 0.192. The van der Waals surface area contributed by atoms with Crippen LogP contribution in [0.25, 0.3) is 22.3 Å². The van der Waals surface area contributed by atoms with Gasteiger partial charge in [0.1, 0.15) is 0 Å². The molecule has 226 valence electrons. The van der Waals surface area contributed by atoms with E-state index in [1.807, 2.05) is 0 Å². The molecule has 6 aromatic carbocycles. The van der Waals surface area contributed by atoms with Crippen LogP contribution in [0.1, 0.15) is 62.8 Å². The van der Waals surface area contributed by atoms with E-state index in [4.69, 9.17) is 0 Å². The number of nitrogens with zero attached hydrogens (tertiary/aromatic N) is 1. The van der Waals surface area contributed by atoms with Crippen molar-refractivity contribution in [3.8, 4) is 22.3 Å². The molecule has 0 fully saturated rings. The van der Waals surface area contributed by atoms with Crippen LogP contribution in [0.15, 0.2) is 152 Å². The van der Waals surface area contributed by atoms with E-state index >= 15 is 0 Å². The largest absolute Gasteiger partial charge is 0.310 e. The minimum Gasteiger partial charge on any atom is -0.310 e. The standard InChI is InChI=1S/C45H41N/c1-43(2)30-45(39-21-13-12-20-38(39)43)31-44(3,4)41-29-36(27-28-40(41)45)46(35-25-23-33(24-26-35)32-15-7-5-8-16-32)42-22-14-11-19-37(42)34-17-9-6-10-18-34/h5-29H,30-31H2,1-4H3. The van der Waals surface area contributed by atoms with Crippen molar-refractivity contribution >= 4 is 17.1 Å². The van der Waals surface area contributed by atoms with Gasteiger partial charge in [-0.3, -0.25) is 0 Å². The smallest absolute Gasteiger partial charge is 0.0540 e. The number of fused-ring (bicyclic) bond motifs is 4. The van der Waals surface area contributed by atoms with Crippen LogP contribution in [-0.2, 0) is 16.2 Å². The molecule has 46 heavy (non-hydrogen) atoms. The van der Waals surface area contributed by atoms with Crippen molar-refractivity contribution in [1.82, 2.24) is 0 Å². The predicted molar refractivity (Wildman–Crippen MR) is 195 cm³/mol. The van der Waals surface area contributed by atoms with E-state index in [1.165, 1.54) is 55.9 Å². The third-order valence-corrected chi connectivity index (χ3v) is 10.6. The fourth-order valence-electron chi connectivity index (χ4n) is 8.82. The highest BCUT2D eigenvalue weighted by atomic mass is 15.1. The van der Waals surface area contributed by atoms with Crippen molar-refractivity contribution in [2.45, 2.75) is 56.8 Å². The highest BCUT2D eigenvalue weighted by molar-refractivity contribution is 5.89. The fourth-order valence-corrected chi connectivity index (χ4v) is 8.82. The maximum atomic E-state index is 2.50. The molecule has 0 amide bonds. The van der Waals surface area contributed by atoms with Crippen molar-refractivity contribution in [1.29, 1.82) is 0 Å². The van der Waals surface area contributed by atoms with Gasteiger partial charge in [-0.1, -0.05) is 149 Å². The molecule has 0 aliphatic heterocycles. The molecule has 6 aromatic rings. The SMILES string of the molecule is CC1(C)CC2(CC(C)(C)c3cc(N(c4ccc(-c5ccccc5)cc4)c4ccccc4-c4ccccc4)ccc32)c2ccccc21. The Hall–Kier alpha value is -4.88. The van der Waals surface area contributed by atoms with E-state index in [1.54, 1.807) is 0 Å². The average molecular weight is 596 g/mol. The maximum Gasteiger partial charge on any atom is 0.0540 e. The van der Waals surface area contributed by atoms with Gasteiger partial charge in [0.2, 0.25) is 0 Å². The molecule has 1 heteroatoms. The number of para-hydroxylation sites is 1. The summed E-state index contributed by atoms with van der Waals surface area (Å²) in [6, 6.07) is 55.9. The lowest BCUT2D eigenvalue weighted by atomic mass is 9.72. The van der Waals surface area contributed by atoms with Crippen molar-refractivity contribution in [3.63, 3.8) is 0 Å². The first-order valence-corrected chi connectivity index (χ1v) is 16.6. The topological polar surface area (TPSA) is 3.24 Å². The molecule has 0 radical (unpaired) electrons. The van der Waals surface area contributed by atoms with Crippen LogP contribution in [0.3, 0.4) is 0 Å². The van der Waals surface area contributed by atoms with Crippen molar-refractivity contribution in [2.75, 3.05) is 4.90 Å². The zero-order valence-electron chi connectivity index (χ0n) is 27.3. The van der Waals surface area contributed by atoms with Crippen LogP contribution in [-0.4, -0.2) is 0 Å². The third kappa shape index (κ3) is 4.52. The van der Waals surface area contributed by atoms with Crippen molar-refractivity contribution < 1.29 is 0 Å². The molecule has 0 saturated heterocycles. The molecule has 0 N–H and O–H groups in total. The zero-order chi connectivity index (χ0) is 31.5. The van der Waals surface area contributed by atoms with Gasteiger partial charge in [-0.25, -0.2) is 0 Å². The first-order valence-electron chi connectivity index (χ1n) is 16.6. The molecule has 1 nitrogen and oxygen atoms in total. The average Bonchev–Trinajstić information content (AvgIpc) is 3.46. The molecular formula is C45H41N. The van der Waals surface area contributed by atoms with Gasteiger partial charge in [-0.2, -0.15) is 0 Å². The first kappa shape index (κ1) is 28.6. The number of hydrogen-bond acceptors (Lipinski definition) is 1. The van der Waals surface area contributed by atoms with Gasteiger partial charge in [0, 0.05) is 22.4 Å². The number of anilines is 3.